The molecule has 0 unspecified atom stereocenters. The van der Waals surface area contributed by atoms with E-state index < -0.39 is 0 Å². The molecule has 1 fully saturated rings. The second kappa shape index (κ2) is 10.2. The van der Waals surface area contributed by atoms with Crippen molar-refractivity contribution >= 4 is 23.5 Å². The number of amides is 3. The van der Waals surface area contributed by atoms with Crippen LogP contribution in [0.5, 0.6) is 0 Å². The predicted molar refractivity (Wildman–Crippen MR) is 96.2 cm³/mol. The Morgan fingerprint density at radius 2 is 1.71 bits per heavy atom. The maximum Gasteiger partial charge on any atom is 0.315 e. The number of nitrogens with one attached hydrogen (secondary N) is 3. The van der Waals surface area contributed by atoms with Gasteiger partial charge in [-0.15, -0.1) is 0 Å². The molecule has 0 bridgehead atoms. The van der Waals surface area contributed by atoms with Crippen molar-refractivity contribution in [2.45, 2.75) is 51.0 Å². The van der Waals surface area contributed by atoms with E-state index in [0.717, 1.165) is 24.8 Å². The molecule has 1 aromatic rings. The van der Waals surface area contributed by atoms with Crippen molar-refractivity contribution < 1.29 is 9.59 Å². The zero-order valence-electron chi connectivity index (χ0n) is 13.9. The number of carbonyl (C=O) groups excluding carboxylic acids is 2. The van der Waals surface area contributed by atoms with Crippen molar-refractivity contribution in [3.63, 3.8) is 0 Å². The van der Waals surface area contributed by atoms with Gasteiger partial charge in [-0.05, 0) is 37.0 Å². The first-order chi connectivity index (χ1) is 11.6. The van der Waals surface area contributed by atoms with Gasteiger partial charge in [0.25, 0.3) is 0 Å². The maximum absolute atomic E-state index is 11.8. The average molecular weight is 352 g/mol. The summed E-state index contributed by atoms with van der Waals surface area (Å²) in [5.41, 5.74) is 1.13. The van der Waals surface area contributed by atoms with Gasteiger partial charge in [0.15, 0.2) is 0 Å². The molecule has 0 heterocycles. The second-order valence-electron chi connectivity index (χ2n) is 6.21. The van der Waals surface area contributed by atoms with Gasteiger partial charge in [0.2, 0.25) is 5.91 Å². The molecule has 1 aliphatic rings. The molecule has 6 heteroatoms. The van der Waals surface area contributed by atoms with Crippen molar-refractivity contribution in [1.29, 1.82) is 0 Å². The summed E-state index contributed by atoms with van der Waals surface area (Å²) in [7, 11) is 0. The monoisotopic (exact) mass is 351 g/mol. The third-order valence-electron chi connectivity index (χ3n) is 4.23. The van der Waals surface area contributed by atoms with E-state index in [1.54, 1.807) is 0 Å². The Kier molecular flexibility index (Phi) is 7.89. The van der Waals surface area contributed by atoms with Gasteiger partial charge in [0.1, 0.15) is 0 Å². The molecule has 2 rings (SSSR count). The van der Waals surface area contributed by atoms with E-state index in [2.05, 4.69) is 16.0 Å². The summed E-state index contributed by atoms with van der Waals surface area (Å²) in [4.78, 5) is 23.5. The summed E-state index contributed by atoms with van der Waals surface area (Å²) in [6.45, 7) is 0.931. The van der Waals surface area contributed by atoms with Gasteiger partial charge >= 0.3 is 6.03 Å². The fourth-order valence-electron chi connectivity index (χ4n) is 2.86. The Labute approximate surface area is 148 Å². The van der Waals surface area contributed by atoms with Crippen LogP contribution in [0.15, 0.2) is 24.3 Å². The van der Waals surface area contributed by atoms with Crippen molar-refractivity contribution in [2.75, 3.05) is 13.1 Å². The van der Waals surface area contributed by atoms with Crippen LogP contribution in [-0.2, 0) is 11.2 Å². The first kappa shape index (κ1) is 18.6. The van der Waals surface area contributed by atoms with Crippen LogP contribution in [0.3, 0.4) is 0 Å². The Morgan fingerprint density at radius 3 is 2.42 bits per heavy atom. The molecule has 0 spiro atoms. The minimum atomic E-state index is -0.170. The molecule has 132 valence electrons. The molecule has 1 saturated carbocycles. The van der Waals surface area contributed by atoms with Gasteiger partial charge in [0, 0.05) is 30.6 Å². The first-order valence-electron chi connectivity index (χ1n) is 8.69. The van der Waals surface area contributed by atoms with Gasteiger partial charge in [-0.1, -0.05) is 43.0 Å². The number of rotatable bonds is 7. The van der Waals surface area contributed by atoms with Gasteiger partial charge in [0.05, 0.1) is 0 Å². The van der Waals surface area contributed by atoms with E-state index >= 15 is 0 Å². The smallest absolute Gasteiger partial charge is 0.315 e. The lowest BCUT2D eigenvalue weighted by molar-refractivity contribution is -0.120. The molecular formula is C18H26ClN3O2. The summed E-state index contributed by atoms with van der Waals surface area (Å²) >= 11 is 5.83. The molecule has 0 atom stereocenters. The number of hydrogen-bond donors (Lipinski definition) is 3. The summed E-state index contributed by atoms with van der Waals surface area (Å²) in [5.74, 6) is -0.0538. The van der Waals surface area contributed by atoms with Crippen LogP contribution in [0.2, 0.25) is 5.02 Å². The molecule has 3 amide bonds. The Bertz CT molecular complexity index is 528. The van der Waals surface area contributed by atoms with Crippen LogP contribution < -0.4 is 16.0 Å². The third kappa shape index (κ3) is 7.21. The fraction of sp³-hybridized carbons (Fsp3) is 0.556. The van der Waals surface area contributed by atoms with Crippen LogP contribution in [-0.4, -0.2) is 31.1 Å². The summed E-state index contributed by atoms with van der Waals surface area (Å²) < 4.78 is 0. The van der Waals surface area contributed by atoms with Crippen LogP contribution >= 0.6 is 11.6 Å². The fourth-order valence-corrected chi connectivity index (χ4v) is 2.98. The summed E-state index contributed by atoms with van der Waals surface area (Å²) in [6.07, 6.45) is 6.78. The van der Waals surface area contributed by atoms with E-state index in [0.29, 0.717) is 24.5 Å². The SMILES string of the molecule is O=C(CCNC(=O)NC1CCCCC1)NCCc1ccc(Cl)cc1. The van der Waals surface area contributed by atoms with Gasteiger partial charge in [-0.3, -0.25) is 4.79 Å². The normalized spacial score (nSPS) is 14.9. The predicted octanol–water partition coefficient (Wildman–Crippen LogP) is 3.02. The number of urea groups is 1. The number of benzene rings is 1. The average Bonchev–Trinajstić information content (AvgIpc) is 2.57. The summed E-state index contributed by atoms with van der Waals surface area (Å²) in [5, 5.41) is 9.28. The van der Waals surface area contributed by atoms with E-state index in [-0.39, 0.29) is 18.0 Å². The van der Waals surface area contributed by atoms with Crippen LogP contribution in [0.25, 0.3) is 0 Å². The molecule has 3 N–H and O–H groups in total. The molecule has 0 radical (unpaired) electrons. The number of halogens is 1. The third-order valence-corrected chi connectivity index (χ3v) is 4.48. The molecule has 1 aliphatic carbocycles. The van der Waals surface area contributed by atoms with Gasteiger partial charge in [-0.2, -0.15) is 0 Å². The lowest BCUT2D eigenvalue weighted by Gasteiger charge is -2.22. The molecule has 0 aromatic heterocycles. The summed E-state index contributed by atoms with van der Waals surface area (Å²) in [6, 6.07) is 7.70. The molecular weight excluding hydrogens is 326 g/mol. The van der Waals surface area contributed by atoms with E-state index in [1.165, 1.54) is 19.3 Å². The lowest BCUT2D eigenvalue weighted by Crippen LogP contribution is -2.43. The minimum absolute atomic E-state index is 0.0538. The minimum Gasteiger partial charge on any atom is -0.356 e. The van der Waals surface area contributed by atoms with Crippen molar-refractivity contribution in [3.05, 3.63) is 34.9 Å². The van der Waals surface area contributed by atoms with Gasteiger partial charge in [-0.25, -0.2) is 4.79 Å². The topological polar surface area (TPSA) is 70.2 Å². The standard InChI is InChI=1S/C18H26ClN3O2/c19-15-8-6-14(7-9-15)10-12-20-17(23)11-13-21-18(24)22-16-4-2-1-3-5-16/h6-9,16H,1-5,10-13H2,(H,20,23)(H2,21,22,24). The maximum atomic E-state index is 11.8. The van der Waals surface area contributed by atoms with E-state index in [1.807, 2.05) is 24.3 Å². The zero-order chi connectivity index (χ0) is 17.2. The van der Waals surface area contributed by atoms with Gasteiger partial charge < -0.3 is 16.0 Å². The Morgan fingerprint density at radius 1 is 1.00 bits per heavy atom. The molecule has 0 saturated heterocycles. The zero-order valence-corrected chi connectivity index (χ0v) is 14.7. The quantitative estimate of drug-likeness (QED) is 0.706. The molecule has 1 aromatic carbocycles. The van der Waals surface area contributed by atoms with Crippen molar-refractivity contribution in [3.8, 4) is 0 Å². The van der Waals surface area contributed by atoms with Crippen LogP contribution in [0.4, 0.5) is 4.79 Å². The highest BCUT2D eigenvalue weighted by Crippen LogP contribution is 2.17. The van der Waals surface area contributed by atoms with Crippen molar-refractivity contribution in [1.82, 2.24) is 16.0 Å². The Hall–Kier alpha value is -1.75. The highest BCUT2D eigenvalue weighted by Gasteiger charge is 2.15. The van der Waals surface area contributed by atoms with E-state index in [9.17, 15) is 9.59 Å². The number of hydrogen-bond acceptors (Lipinski definition) is 2. The molecule has 0 aliphatic heterocycles. The molecule has 24 heavy (non-hydrogen) atoms. The Balaban J connectivity index is 1.52. The second-order valence-corrected chi connectivity index (χ2v) is 6.65. The molecule has 5 nitrogen and oxygen atoms in total. The first-order valence-corrected chi connectivity index (χ1v) is 9.07. The highest BCUT2D eigenvalue weighted by atomic mass is 35.5. The highest BCUT2D eigenvalue weighted by molar-refractivity contribution is 6.30. The van der Waals surface area contributed by atoms with Crippen LogP contribution in [0.1, 0.15) is 44.1 Å². The van der Waals surface area contributed by atoms with Crippen LogP contribution in [0, 0.1) is 0 Å². The lowest BCUT2D eigenvalue weighted by atomic mass is 9.96. The number of carbonyl (C=O) groups is 2. The van der Waals surface area contributed by atoms with Crippen molar-refractivity contribution in [2.24, 2.45) is 0 Å². The largest absolute Gasteiger partial charge is 0.356 e. The van der Waals surface area contributed by atoms with E-state index in [4.69, 9.17) is 11.6 Å².